The van der Waals surface area contributed by atoms with Gasteiger partial charge in [0, 0.05) is 30.5 Å². The lowest BCUT2D eigenvalue weighted by atomic mass is 10.2. The molecule has 4 aromatic heterocycles. The van der Waals surface area contributed by atoms with Crippen LogP contribution in [-0.4, -0.2) is 73.5 Å². The van der Waals surface area contributed by atoms with Gasteiger partial charge in [0.05, 0.1) is 12.9 Å². The number of anilines is 4. The zero-order valence-corrected chi connectivity index (χ0v) is 27.7. The fourth-order valence-corrected chi connectivity index (χ4v) is 5.61. The minimum atomic E-state index is -3.81. The average Bonchev–Trinajstić information content (AvgIpc) is 3.71. The van der Waals surface area contributed by atoms with Gasteiger partial charge >= 0.3 is 0 Å². The number of methoxy groups -OCH3 is 1. The molecule has 244 valence electrons. The number of hydrogen-bond donors (Lipinski definition) is 4. The van der Waals surface area contributed by atoms with Gasteiger partial charge in [-0.1, -0.05) is 38.1 Å². The number of imidazole rings is 1. The van der Waals surface area contributed by atoms with E-state index < -0.39 is 10.0 Å². The van der Waals surface area contributed by atoms with Crippen LogP contribution in [0, 0.1) is 11.3 Å². The summed E-state index contributed by atoms with van der Waals surface area (Å²) < 4.78 is 34.9. The van der Waals surface area contributed by atoms with E-state index in [1.807, 2.05) is 42.1 Å². The highest BCUT2D eigenvalue weighted by atomic mass is 32.2. The van der Waals surface area contributed by atoms with E-state index in [1.54, 1.807) is 18.6 Å². The van der Waals surface area contributed by atoms with E-state index in [0.717, 1.165) is 22.9 Å². The predicted octanol–water partition coefficient (Wildman–Crippen LogP) is 5.68. The topological polar surface area (TPSA) is 213 Å². The van der Waals surface area contributed by atoms with E-state index in [-0.39, 0.29) is 46.3 Å². The Bertz CT molecular complexity index is 2020. The summed E-state index contributed by atoms with van der Waals surface area (Å²) in [5.41, 5.74) is -0.0103. The van der Waals surface area contributed by atoms with Gasteiger partial charge in [0.15, 0.2) is 28.7 Å². The van der Waals surface area contributed by atoms with Crippen LogP contribution in [0.25, 0.3) is 16.6 Å². The Morgan fingerprint density at radius 1 is 1.15 bits per heavy atom. The molecule has 5 aromatic rings. The Morgan fingerprint density at radius 2 is 1.94 bits per heavy atom. The van der Waals surface area contributed by atoms with Crippen LogP contribution in [0.1, 0.15) is 32.8 Å². The molecule has 0 amide bonds. The summed E-state index contributed by atoms with van der Waals surface area (Å²) in [5, 5.41) is 31.7. The third-order valence-electron chi connectivity index (χ3n) is 6.52. The fourth-order valence-electron chi connectivity index (χ4n) is 4.25. The second kappa shape index (κ2) is 14.9. The summed E-state index contributed by atoms with van der Waals surface area (Å²) >= 11 is 1.82. The first-order valence-corrected chi connectivity index (χ1v) is 17.3. The van der Waals surface area contributed by atoms with Gasteiger partial charge in [0.1, 0.15) is 6.07 Å². The Balaban J connectivity index is 1.58. The lowest BCUT2D eigenvalue weighted by Crippen LogP contribution is -2.17. The number of aromatic amines is 1. The number of aromatic nitrogens is 7. The maximum atomic E-state index is 12.7. The van der Waals surface area contributed by atoms with Crippen molar-refractivity contribution in [2.45, 2.75) is 32.4 Å². The molecule has 0 aliphatic carbocycles. The molecule has 0 spiro atoms. The highest BCUT2D eigenvalue weighted by Crippen LogP contribution is 2.37. The molecule has 0 saturated heterocycles. The first-order chi connectivity index (χ1) is 22.7. The summed E-state index contributed by atoms with van der Waals surface area (Å²) in [4.78, 5) is 20.5. The Hall–Kier alpha value is -5.28. The van der Waals surface area contributed by atoms with E-state index >= 15 is 0 Å². The summed E-state index contributed by atoms with van der Waals surface area (Å²) in [6.45, 7) is 6.25. The molecular weight excluding hydrogens is 643 g/mol. The van der Waals surface area contributed by atoms with Crippen molar-refractivity contribution in [1.29, 1.82) is 5.26 Å². The molecule has 0 saturated carbocycles. The summed E-state index contributed by atoms with van der Waals surface area (Å²) in [6.07, 6.45) is 5.65. The number of azo groups is 1. The summed E-state index contributed by atoms with van der Waals surface area (Å²) in [7, 11) is -2.40. The van der Waals surface area contributed by atoms with Crippen LogP contribution in [0.5, 0.6) is 5.88 Å². The number of rotatable bonds is 15. The van der Waals surface area contributed by atoms with Crippen molar-refractivity contribution in [1.82, 2.24) is 34.7 Å². The van der Waals surface area contributed by atoms with Crippen LogP contribution in [0.2, 0.25) is 0 Å². The van der Waals surface area contributed by atoms with Crippen molar-refractivity contribution < 1.29 is 13.2 Å². The van der Waals surface area contributed by atoms with Gasteiger partial charge < -0.3 is 15.0 Å². The molecule has 16 nitrogen and oxygen atoms in total. The van der Waals surface area contributed by atoms with Crippen LogP contribution >= 0.6 is 11.8 Å². The van der Waals surface area contributed by atoms with Crippen molar-refractivity contribution in [3.63, 3.8) is 0 Å². The molecule has 0 aliphatic rings. The number of pyridine rings is 1. The standard InChI is InChI=1S/C29H33N13O3S2/c1-5-47(43,44)41-26-23(25(31-11-8-14-46-18(2)3)35-29(36-26)37-28-32-12-13-33-28)38-39-24-21(16-30)27(45-4)42(40-24)22-15-19-9-6-7-10-20(19)17-34-22/h6-7,9-10,12-13,15,17-18H,5,8,11,14H2,1-4H3,(H4,31,32,33,35,36,37,41). The van der Waals surface area contributed by atoms with E-state index in [9.17, 15) is 13.7 Å². The van der Waals surface area contributed by atoms with Crippen LogP contribution in [-0.2, 0) is 10.0 Å². The summed E-state index contributed by atoms with van der Waals surface area (Å²) in [6, 6.07) is 11.6. The van der Waals surface area contributed by atoms with Crippen molar-refractivity contribution in [2.75, 3.05) is 40.5 Å². The monoisotopic (exact) mass is 675 g/mol. The fraction of sp³-hybridized carbons (Fsp3) is 0.310. The van der Waals surface area contributed by atoms with Gasteiger partial charge in [0.2, 0.25) is 33.6 Å². The molecule has 0 fully saturated rings. The number of ether oxygens (including phenoxy) is 1. The van der Waals surface area contributed by atoms with Crippen LogP contribution in [0.15, 0.2) is 59.2 Å². The number of fused-ring (bicyclic) bond motifs is 1. The Labute approximate surface area is 275 Å². The summed E-state index contributed by atoms with van der Waals surface area (Å²) in [5.74, 6) is 1.55. The molecule has 4 N–H and O–H groups in total. The highest BCUT2D eigenvalue weighted by Gasteiger charge is 2.23. The third kappa shape index (κ3) is 8.12. The molecule has 1 aromatic carbocycles. The van der Waals surface area contributed by atoms with Gasteiger partial charge in [-0.25, -0.2) is 18.4 Å². The third-order valence-corrected chi connectivity index (χ3v) is 8.97. The van der Waals surface area contributed by atoms with Gasteiger partial charge in [-0.15, -0.1) is 15.3 Å². The van der Waals surface area contributed by atoms with Gasteiger partial charge in [-0.05, 0) is 35.8 Å². The number of thioether (sulfide) groups is 1. The zero-order chi connectivity index (χ0) is 33.4. The second-order valence-corrected chi connectivity index (χ2v) is 13.9. The second-order valence-electron chi connectivity index (χ2n) is 10.2. The normalized spacial score (nSPS) is 11.7. The Kier molecular flexibility index (Phi) is 10.5. The highest BCUT2D eigenvalue weighted by molar-refractivity contribution is 7.99. The average molecular weight is 676 g/mol. The van der Waals surface area contributed by atoms with E-state index in [2.05, 4.69) is 75.5 Å². The first kappa shape index (κ1) is 33.1. The SMILES string of the molecule is CCS(=O)(=O)Nc1nc(Nc2ncc[nH]2)nc(NCCCSC(C)C)c1N=Nc1nn(-c2cc3ccccc3cn2)c(OC)c1C#N. The predicted molar refractivity (Wildman–Crippen MR) is 182 cm³/mol. The number of nitrogens with zero attached hydrogens (tertiary/aromatic N) is 9. The zero-order valence-electron chi connectivity index (χ0n) is 26.1. The molecule has 0 unspecified atom stereocenters. The number of nitriles is 1. The van der Waals surface area contributed by atoms with Crippen LogP contribution in [0.4, 0.5) is 35.0 Å². The first-order valence-electron chi connectivity index (χ1n) is 14.6. The molecule has 0 aliphatic heterocycles. The van der Waals surface area contributed by atoms with Gasteiger partial charge in [0.25, 0.3) is 0 Å². The van der Waals surface area contributed by atoms with Crippen LogP contribution in [0.3, 0.4) is 0 Å². The minimum absolute atomic E-state index is 0.000795. The molecular formula is C29H33N13O3S2. The number of nitrogens with one attached hydrogen (secondary N) is 4. The largest absolute Gasteiger partial charge is 0.480 e. The van der Waals surface area contributed by atoms with Crippen molar-refractivity contribution in [2.24, 2.45) is 10.2 Å². The molecule has 18 heteroatoms. The number of benzene rings is 1. The maximum absolute atomic E-state index is 12.7. The van der Waals surface area contributed by atoms with Crippen molar-refractivity contribution in [3.05, 3.63) is 54.5 Å². The van der Waals surface area contributed by atoms with Crippen molar-refractivity contribution >= 4 is 67.6 Å². The minimum Gasteiger partial charge on any atom is -0.480 e. The quantitative estimate of drug-likeness (QED) is 0.0779. The van der Waals surface area contributed by atoms with E-state index in [0.29, 0.717) is 23.6 Å². The Morgan fingerprint density at radius 3 is 2.64 bits per heavy atom. The van der Waals surface area contributed by atoms with Crippen LogP contribution < -0.4 is 20.1 Å². The van der Waals surface area contributed by atoms with Gasteiger partial charge in [-0.3, -0.25) is 10.0 Å². The molecule has 0 bridgehead atoms. The lowest BCUT2D eigenvalue weighted by Gasteiger charge is -2.14. The number of H-pyrrole nitrogens is 1. The molecule has 5 rings (SSSR count). The number of hydrogen-bond acceptors (Lipinski definition) is 14. The van der Waals surface area contributed by atoms with E-state index in [4.69, 9.17) is 4.74 Å². The van der Waals surface area contributed by atoms with Crippen molar-refractivity contribution in [3.8, 4) is 17.8 Å². The maximum Gasteiger partial charge on any atom is 0.238 e. The molecule has 0 atom stereocenters. The molecule has 4 heterocycles. The molecule has 0 radical (unpaired) electrons. The molecule has 47 heavy (non-hydrogen) atoms. The van der Waals surface area contributed by atoms with Gasteiger partial charge in [-0.2, -0.15) is 31.7 Å². The smallest absolute Gasteiger partial charge is 0.238 e. The number of sulfonamides is 1. The van der Waals surface area contributed by atoms with E-state index in [1.165, 1.54) is 18.7 Å². The lowest BCUT2D eigenvalue weighted by molar-refractivity contribution is 0.381.